The third-order valence-electron chi connectivity index (χ3n) is 2.72. The van der Waals surface area contributed by atoms with Gasteiger partial charge in [-0.25, -0.2) is 0 Å². The summed E-state index contributed by atoms with van der Waals surface area (Å²) >= 11 is 0. The molecule has 1 aliphatic heterocycles. The van der Waals surface area contributed by atoms with Crippen LogP contribution in [0, 0.1) is 0 Å². The Morgan fingerprint density at radius 3 is 2.19 bits per heavy atom. The van der Waals surface area contributed by atoms with E-state index in [0.717, 1.165) is 6.54 Å². The average Bonchev–Trinajstić information content (AvgIpc) is 3.11. The van der Waals surface area contributed by atoms with Gasteiger partial charge in [-0.15, -0.1) is 5.06 Å². The summed E-state index contributed by atoms with van der Waals surface area (Å²) in [5.74, 6) is 0. The summed E-state index contributed by atoms with van der Waals surface area (Å²) in [6.07, 6.45) is 0.140. The molecule has 1 fully saturated rings. The molecule has 2 aromatic rings. The summed E-state index contributed by atoms with van der Waals surface area (Å²) in [7, 11) is 0. The molecule has 0 saturated carbocycles. The molecule has 80 valence electrons. The number of rotatable bonds is 3. The van der Waals surface area contributed by atoms with Crippen LogP contribution in [0.2, 0.25) is 0 Å². The highest BCUT2D eigenvalue weighted by Crippen LogP contribution is 2.37. The van der Waals surface area contributed by atoms with Crippen molar-refractivity contribution < 1.29 is 4.84 Å². The Balaban J connectivity index is 1.65. The molecule has 2 nitrogen and oxygen atoms in total. The molecule has 2 unspecified atom stereocenters. The zero-order valence-corrected chi connectivity index (χ0v) is 8.91. The van der Waals surface area contributed by atoms with Crippen molar-refractivity contribution in [2.24, 2.45) is 0 Å². The minimum absolute atomic E-state index is 0.140. The van der Waals surface area contributed by atoms with Gasteiger partial charge in [0.1, 0.15) is 0 Å². The van der Waals surface area contributed by atoms with Crippen molar-refractivity contribution in [1.29, 1.82) is 0 Å². The molecule has 0 aliphatic carbocycles. The van der Waals surface area contributed by atoms with Crippen LogP contribution in [0.1, 0.15) is 17.4 Å². The maximum Gasteiger partial charge on any atom is 0.180 e. The summed E-state index contributed by atoms with van der Waals surface area (Å²) in [6, 6.07) is 20.6. The molecule has 2 aromatic carbocycles. The fourth-order valence-corrected chi connectivity index (χ4v) is 1.83. The van der Waals surface area contributed by atoms with E-state index < -0.39 is 0 Å². The number of hydrogen-bond acceptors (Lipinski definition) is 2. The van der Waals surface area contributed by atoms with E-state index in [4.69, 9.17) is 4.84 Å². The fourth-order valence-electron chi connectivity index (χ4n) is 1.83. The van der Waals surface area contributed by atoms with Crippen molar-refractivity contribution in [3.05, 3.63) is 71.8 Å². The van der Waals surface area contributed by atoms with E-state index in [-0.39, 0.29) is 6.23 Å². The fraction of sp³-hybridized carbons (Fsp3) is 0.143. The van der Waals surface area contributed by atoms with Crippen LogP contribution in [0.4, 0.5) is 0 Å². The smallest absolute Gasteiger partial charge is 0.180 e. The molecule has 1 saturated heterocycles. The maximum absolute atomic E-state index is 5.54. The van der Waals surface area contributed by atoms with Gasteiger partial charge >= 0.3 is 0 Å². The van der Waals surface area contributed by atoms with E-state index in [0.29, 0.717) is 0 Å². The summed E-state index contributed by atoms with van der Waals surface area (Å²) < 4.78 is 0. The highest BCUT2D eigenvalue weighted by atomic mass is 16.8. The summed E-state index contributed by atoms with van der Waals surface area (Å²) in [4.78, 5) is 5.54. The Kier molecular flexibility index (Phi) is 2.44. The van der Waals surface area contributed by atoms with Gasteiger partial charge in [-0.1, -0.05) is 60.7 Å². The minimum atomic E-state index is 0.140. The second-order valence-corrected chi connectivity index (χ2v) is 3.93. The van der Waals surface area contributed by atoms with E-state index in [9.17, 15) is 0 Å². The molecule has 1 aliphatic rings. The third kappa shape index (κ3) is 1.98. The molecule has 0 spiro atoms. The van der Waals surface area contributed by atoms with Gasteiger partial charge in [0.2, 0.25) is 0 Å². The van der Waals surface area contributed by atoms with Crippen LogP contribution in [-0.2, 0) is 11.4 Å². The molecule has 16 heavy (non-hydrogen) atoms. The molecule has 0 radical (unpaired) electrons. The zero-order chi connectivity index (χ0) is 10.8. The lowest BCUT2D eigenvalue weighted by Crippen LogP contribution is -1.97. The Bertz CT molecular complexity index is 455. The van der Waals surface area contributed by atoms with E-state index in [1.165, 1.54) is 11.1 Å². The molecule has 3 rings (SSSR count). The maximum atomic E-state index is 5.54. The van der Waals surface area contributed by atoms with Crippen LogP contribution in [-0.4, -0.2) is 5.06 Å². The highest BCUT2D eigenvalue weighted by molar-refractivity contribution is 5.20. The van der Waals surface area contributed by atoms with Crippen molar-refractivity contribution in [3.8, 4) is 0 Å². The Labute approximate surface area is 95.0 Å². The van der Waals surface area contributed by atoms with E-state index >= 15 is 0 Å². The molecule has 0 bridgehead atoms. The van der Waals surface area contributed by atoms with Gasteiger partial charge in [0, 0.05) is 0 Å². The van der Waals surface area contributed by atoms with Crippen molar-refractivity contribution in [1.82, 2.24) is 5.06 Å². The van der Waals surface area contributed by atoms with Gasteiger partial charge in [-0.05, 0) is 11.1 Å². The van der Waals surface area contributed by atoms with Gasteiger partial charge in [-0.3, -0.25) is 4.84 Å². The van der Waals surface area contributed by atoms with Crippen molar-refractivity contribution in [3.63, 3.8) is 0 Å². The number of benzene rings is 2. The van der Waals surface area contributed by atoms with Gasteiger partial charge in [0.25, 0.3) is 0 Å². The molecule has 0 aromatic heterocycles. The molecule has 0 N–H and O–H groups in total. The van der Waals surface area contributed by atoms with Gasteiger partial charge in [-0.2, -0.15) is 0 Å². The second kappa shape index (κ2) is 4.08. The van der Waals surface area contributed by atoms with Crippen LogP contribution in [0.15, 0.2) is 60.7 Å². The van der Waals surface area contributed by atoms with Crippen LogP contribution in [0.3, 0.4) is 0 Å². The predicted octanol–water partition coefficient (Wildman–Crippen LogP) is 3.13. The first-order valence-corrected chi connectivity index (χ1v) is 5.46. The number of hydroxylamine groups is 2. The first-order chi connectivity index (χ1) is 7.93. The topological polar surface area (TPSA) is 15.5 Å². The Morgan fingerprint density at radius 2 is 1.50 bits per heavy atom. The standard InChI is InChI=1S/C14H13NO/c1-3-7-12(8-4-1)11-15-14(16-15)13-9-5-2-6-10-13/h1-10,14H,11H2. The summed E-state index contributed by atoms with van der Waals surface area (Å²) in [5.41, 5.74) is 2.50. The van der Waals surface area contributed by atoms with Gasteiger partial charge in [0.15, 0.2) is 6.23 Å². The van der Waals surface area contributed by atoms with Crippen LogP contribution >= 0.6 is 0 Å². The average molecular weight is 211 g/mol. The lowest BCUT2D eigenvalue weighted by Gasteiger charge is -1.98. The Morgan fingerprint density at radius 1 is 0.875 bits per heavy atom. The Hall–Kier alpha value is -1.64. The number of hydrogen-bond donors (Lipinski definition) is 0. The number of nitrogens with zero attached hydrogens (tertiary/aromatic N) is 1. The largest absolute Gasteiger partial charge is 0.270 e. The molecule has 2 heteroatoms. The normalized spacial score (nSPS) is 23.0. The molecule has 1 heterocycles. The first kappa shape index (κ1) is 9.58. The van der Waals surface area contributed by atoms with Crippen molar-refractivity contribution in [2.45, 2.75) is 12.8 Å². The van der Waals surface area contributed by atoms with E-state index in [2.05, 4.69) is 36.4 Å². The van der Waals surface area contributed by atoms with Crippen LogP contribution in [0.25, 0.3) is 0 Å². The van der Waals surface area contributed by atoms with Crippen LogP contribution in [0.5, 0.6) is 0 Å². The lowest BCUT2D eigenvalue weighted by atomic mass is 10.2. The molecular weight excluding hydrogens is 198 g/mol. The summed E-state index contributed by atoms with van der Waals surface area (Å²) in [5, 5.41) is 1.99. The van der Waals surface area contributed by atoms with E-state index in [1.54, 1.807) is 0 Å². The van der Waals surface area contributed by atoms with Gasteiger partial charge in [0.05, 0.1) is 6.54 Å². The van der Waals surface area contributed by atoms with Crippen molar-refractivity contribution >= 4 is 0 Å². The predicted molar refractivity (Wildman–Crippen MR) is 62.3 cm³/mol. The minimum Gasteiger partial charge on any atom is -0.270 e. The first-order valence-electron chi connectivity index (χ1n) is 5.46. The summed E-state index contributed by atoms with van der Waals surface area (Å²) in [6.45, 7) is 0.848. The molecule has 2 atom stereocenters. The van der Waals surface area contributed by atoms with Gasteiger partial charge < -0.3 is 0 Å². The van der Waals surface area contributed by atoms with E-state index in [1.807, 2.05) is 29.3 Å². The SMILES string of the molecule is c1ccc(CN2OC2c2ccccc2)cc1. The lowest BCUT2D eigenvalue weighted by molar-refractivity contribution is 0.192. The zero-order valence-electron chi connectivity index (χ0n) is 8.91. The monoisotopic (exact) mass is 211 g/mol. The quantitative estimate of drug-likeness (QED) is 0.725. The third-order valence-corrected chi connectivity index (χ3v) is 2.72. The molecular formula is C14H13NO. The highest BCUT2D eigenvalue weighted by Gasteiger charge is 2.37. The second-order valence-electron chi connectivity index (χ2n) is 3.93. The van der Waals surface area contributed by atoms with Crippen LogP contribution < -0.4 is 0 Å². The molecule has 0 amide bonds. The van der Waals surface area contributed by atoms with Crippen molar-refractivity contribution in [2.75, 3.05) is 0 Å².